The van der Waals surface area contributed by atoms with Crippen molar-refractivity contribution in [3.8, 4) is 11.5 Å². The second kappa shape index (κ2) is 6.43. The van der Waals surface area contributed by atoms with E-state index in [4.69, 9.17) is 21.1 Å². The zero-order chi connectivity index (χ0) is 14.7. The minimum absolute atomic E-state index is 0.379. The Morgan fingerprint density at radius 3 is 2.50 bits per heavy atom. The molecule has 1 N–H and O–H groups in total. The molecule has 106 valence electrons. The van der Waals surface area contributed by atoms with Gasteiger partial charge in [-0.05, 0) is 34.1 Å². The van der Waals surface area contributed by atoms with E-state index < -0.39 is 6.10 Å². The van der Waals surface area contributed by atoms with Gasteiger partial charge in [-0.25, -0.2) is 4.98 Å². The molecule has 0 amide bonds. The van der Waals surface area contributed by atoms with Gasteiger partial charge in [0.1, 0.15) is 27.2 Å². The van der Waals surface area contributed by atoms with E-state index in [-0.39, 0.29) is 0 Å². The summed E-state index contributed by atoms with van der Waals surface area (Å²) in [4.78, 5) is 3.97. The highest BCUT2D eigenvalue weighted by molar-refractivity contribution is 9.10. The van der Waals surface area contributed by atoms with Gasteiger partial charge < -0.3 is 14.6 Å². The van der Waals surface area contributed by atoms with Crippen molar-refractivity contribution in [2.75, 3.05) is 14.2 Å². The molecule has 1 aromatic heterocycles. The van der Waals surface area contributed by atoms with Crippen LogP contribution in [0.5, 0.6) is 11.5 Å². The minimum Gasteiger partial charge on any atom is -0.495 e. The lowest BCUT2D eigenvalue weighted by atomic mass is 10.0. The standard InChI is InChI=1S/C14H13BrClNO3/c1-19-10-5-4-9(14(20-2)12(10)15)13(18)8-3-6-11(16)17-7-8/h3-7,13,18H,1-2H3. The third-order valence-electron chi connectivity index (χ3n) is 2.88. The first kappa shape index (κ1) is 15.1. The topological polar surface area (TPSA) is 51.6 Å². The van der Waals surface area contributed by atoms with Gasteiger partial charge in [-0.3, -0.25) is 0 Å². The van der Waals surface area contributed by atoms with Gasteiger partial charge in [0.05, 0.1) is 14.2 Å². The summed E-state index contributed by atoms with van der Waals surface area (Å²) in [5.74, 6) is 1.15. The predicted octanol–water partition coefficient (Wildman–Crippen LogP) is 3.60. The number of aliphatic hydroxyl groups is 1. The van der Waals surface area contributed by atoms with Gasteiger partial charge in [0.25, 0.3) is 0 Å². The summed E-state index contributed by atoms with van der Waals surface area (Å²) in [5, 5.41) is 10.8. The van der Waals surface area contributed by atoms with Crippen molar-refractivity contribution in [2.24, 2.45) is 0 Å². The molecule has 0 aliphatic heterocycles. The molecular formula is C14H13BrClNO3. The van der Waals surface area contributed by atoms with Crippen LogP contribution in [0.15, 0.2) is 34.9 Å². The second-order valence-electron chi connectivity index (χ2n) is 4.02. The lowest BCUT2D eigenvalue weighted by molar-refractivity contribution is 0.214. The van der Waals surface area contributed by atoms with Gasteiger partial charge in [0.15, 0.2) is 0 Å². The molecule has 20 heavy (non-hydrogen) atoms. The molecule has 0 aliphatic rings. The Labute approximate surface area is 130 Å². The van der Waals surface area contributed by atoms with Crippen LogP contribution in [0.25, 0.3) is 0 Å². The molecular weight excluding hydrogens is 346 g/mol. The molecule has 0 aliphatic carbocycles. The van der Waals surface area contributed by atoms with Crippen LogP contribution in [0, 0.1) is 0 Å². The summed E-state index contributed by atoms with van der Waals surface area (Å²) in [5.41, 5.74) is 1.24. The summed E-state index contributed by atoms with van der Waals surface area (Å²) in [6.45, 7) is 0. The lowest BCUT2D eigenvalue weighted by Gasteiger charge is -2.17. The van der Waals surface area contributed by atoms with Crippen molar-refractivity contribution in [3.05, 3.63) is 51.2 Å². The number of hydrogen-bond donors (Lipinski definition) is 1. The van der Waals surface area contributed by atoms with Crippen molar-refractivity contribution in [3.63, 3.8) is 0 Å². The zero-order valence-corrected chi connectivity index (χ0v) is 13.3. The maximum Gasteiger partial charge on any atom is 0.142 e. The molecule has 0 bridgehead atoms. The van der Waals surface area contributed by atoms with Crippen molar-refractivity contribution >= 4 is 27.5 Å². The molecule has 0 saturated carbocycles. The van der Waals surface area contributed by atoms with Gasteiger partial charge in [-0.1, -0.05) is 17.7 Å². The first-order chi connectivity index (χ1) is 9.58. The van der Waals surface area contributed by atoms with Crippen molar-refractivity contribution in [1.82, 2.24) is 4.98 Å². The van der Waals surface area contributed by atoms with E-state index in [1.807, 2.05) is 0 Å². The Hall–Kier alpha value is -1.30. The van der Waals surface area contributed by atoms with Crippen LogP contribution in [-0.2, 0) is 0 Å². The maximum atomic E-state index is 10.5. The SMILES string of the molecule is COc1ccc(C(O)c2ccc(Cl)nc2)c(OC)c1Br. The van der Waals surface area contributed by atoms with Gasteiger partial charge in [0.2, 0.25) is 0 Å². The average molecular weight is 359 g/mol. The molecule has 1 unspecified atom stereocenters. The van der Waals surface area contributed by atoms with Crippen LogP contribution < -0.4 is 9.47 Å². The van der Waals surface area contributed by atoms with E-state index >= 15 is 0 Å². The second-order valence-corrected chi connectivity index (χ2v) is 5.20. The molecule has 1 atom stereocenters. The van der Waals surface area contributed by atoms with Crippen molar-refractivity contribution in [1.29, 1.82) is 0 Å². The summed E-state index contributed by atoms with van der Waals surface area (Å²) in [6, 6.07) is 6.86. The van der Waals surface area contributed by atoms with E-state index in [0.717, 1.165) is 0 Å². The molecule has 1 aromatic carbocycles. The summed E-state index contributed by atoms with van der Waals surface area (Å²) in [6.07, 6.45) is 0.668. The molecule has 6 heteroatoms. The number of nitrogens with zero attached hydrogens (tertiary/aromatic N) is 1. The molecule has 0 fully saturated rings. The van der Waals surface area contributed by atoms with Gasteiger partial charge in [-0.2, -0.15) is 0 Å². The predicted molar refractivity (Wildman–Crippen MR) is 80.6 cm³/mol. The average Bonchev–Trinajstić information content (AvgIpc) is 2.47. The Bertz CT molecular complexity index is 604. The normalized spacial score (nSPS) is 12.1. The molecule has 4 nitrogen and oxygen atoms in total. The van der Waals surface area contributed by atoms with E-state index in [1.54, 1.807) is 31.4 Å². The Morgan fingerprint density at radius 2 is 1.95 bits per heavy atom. The zero-order valence-electron chi connectivity index (χ0n) is 10.9. The smallest absolute Gasteiger partial charge is 0.142 e. The summed E-state index contributed by atoms with van der Waals surface area (Å²) in [7, 11) is 3.11. The number of rotatable bonds is 4. The van der Waals surface area contributed by atoms with E-state index in [9.17, 15) is 5.11 Å². The highest BCUT2D eigenvalue weighted by atomic mass is 79.9. The third kappa shape index (κ3) is 2.90. The number of aliphatic hydroxyl groups excluding tert-OH is 1. The monoisotopic (exact) mass is 357 g/mol. The van der Waals surface area contributed by atoms with Crippen LogP contribution >= 0.6 is 27.5 Å². The fourth-order valence-corrected chi connectivity index (χ4v) is 2.66. The highest BCUT2D eigenvalue weighted by Crippen LogP contribution is 2.41. The quantitative estimate of drug-likeness (QED) is 0.849. The number of aromatic nitrogens is 1. The van der Waals surface area contributed by atoms with Crippen molar-refractivity contribution in [2.45, 2.75) is 6.10 Å². The Morgan fingerprint density at radius 1 is 1.20 bits per heavy atom. The maximum absolute atomic E-state index is 10.5. The van der Waals surface area contributed by atoms with Crippen LogP contribution in [0.2, 0.25) is 5.15 Å². The van der Waals surface area contributed by atoms with E-state index in [0.29, 0.717) is 32.3 Å². The number of benzene rings is 1. The van der Waals surface area contributed by atoms with Crippen LogP contribution in [-0.4, -0.2) is 24.3 Å². The first-order valence-electron chi connectivity index (χ1n) is 5.78. The number of halogens is 2. The molecule has 2 rings (SSSR count). The van der Waals surface area contributed by atoms with Gasteiger partial charge in [-0.15, -0.1) is 0 Å². The minimum atomic E-state index is -0.864. The van der Waals surface area contributed by atoms with Crippen molar-refractivity contribution < 1.29 is 14.6 Å². The van der Waals surface area contributed by atoms with Gasteiger partial charge >= 0.3 is 0 Å². The highest BCUT2D eigenvalue weighted by Gasteiger charge is 2.20. The van der Waals surface area contributed by atoms with Crippen LogP contribution in [0.1, 0.15) is 17.2 Å². The molecule has 1 heterocycles. The molecule has 0 spiro atoms. The number of ether oxygens (including phenoxy) is 2. The Kier molecular flexibility index (Phi) is 4.86. The number of pyridine rings is 1. The summed E-state index contributed by atoms with van der Waals surface area (Å²) < 4.78 is 11.2. The first-order valence-corrected chi connectivity index (χ1v) is 6.95. The Balaban J connectivity index is 2.46. The van der Waals surface area contributed by atoms with E-state index in [2.05, 4.69) is 20.9 Å². The van der Waals surface area contributed by atoms with Crippen LogP contribution in [0.4, 0.5) is 0 Å². The molecule has 2 aromatic rings. The fourth-order valence-electron chi connectivity index (χ4n) is 1.86. The largest absolute Gasteiger partial charge is 0.495 e. The van der Waals surface area contributed by atoms with E-state index in [1.165, 1.54) is 13.3 Å². The molecule has 0 radical (unpaired) electrons. The molecule has 0 saturated heterocycles. The third-order valence-corrected chi connectivity index (χ3v) is 3.85. The van der Waals surface area contributed by atoms with Crippen LogP contribution in [0.3, 0.4) is 0 Å². The van der Waals surface area contributed by atoms with Gasteiger partial charge in [0, 0.05) is 17.3 Å². The lowest BCUT2D eigenvalue weighted by Crippen LogP contribution is -2.04. The number of hydrogen-bond acceptors (Lipinski definition) is 4. The number of methoxy groups -OCH3 is 2. The fraction of sp³-hybridized carbons (Fsp3) is 0.214. The summed E-state index contributed by atoms with van der Waals surface area (Å²) >= 11 is 9.15.